The minimum atomic E-state index is -0.516. The summed E-state index contributed by atoms with van der Waals surface area (Å²) in [7, 11) is 4.22. The molecule has 0 saturated heterocycles. The average molecular weight is 350 g/mol. The Kier molecular flexibility index (Phi) is 4.89. The molecule has 0 amide bonds. The third-order valence-electron chi connectivity index (χ3n) is 4.24. The summed E-state index contributed by atoms with van der Waals surface area (Å²) in [6.45, 7) is 0. The summed E-state index contributed by atoms with van der Waals surface area (Å²) in [5, 5.41) is 1.27. The number of methoxy groups -OCH3 is 3. The fourth-order valence-electron chi connectivity index (χ4n) is 2.98. The number of carbonyl (C=O) groups is 2. The molecule has 0 heterocycles. The number of hydrogen-bond donors (Lipinski definition) is 0. The van der Waals surface area contributed by atoms with Gasteiger partial charge in [-0.3, -0.25) is 0 Å². The van der Waals surface area contributed by atoms with Crippen molar-refractivity contribution in [3.8, 4) is 16.9 Å². The second kappa shape index (κ2) is 7.27. The average Bonchev–Trinajstić information content (AvgIpc) is 2.71. The van der Waals surface area contributed by atoms with Crippen LogP contribution in [-0.2, 0) is 9.47 Å². The first-order valence-corrected chi connectivity index (χ1v) is 7.97. The van der Waals surface area contributed by atoms with Crippen molar-refractivity contribution in [2.75, 3.05) is 21.3 Å². The third kappa shape index (κ3) is 2.99. The van der Waals surface area contributed by atoms with E-state index in [4.69, 9.17) is 14.2 Å². The molecule has 0 bridgehead atoms. The van der Waals surface area contributed by atoms with Gasteiger partial charge in [0.25, 0.3) is 0 Å². The predicted molar refractivity (Wildman–Crippen MR) is 98.6 cm³/mol. The fourth-order valence-corrected chi connectivity index (χ4v) is 2.98. The van der Waals surface area contributed by atoms with Gasteiger partial charge in [0.15, 0.2) is 0 Å². The van der Waals surface area contributed by atoms with Crippen molar-refractivity contribution in [2.24, 2.45) is 0 Å². The van der Waals surface area contributed by atoms with Crippen LogP contribution in [0, 0.1) is 0 Å². The van der Waals surface area contributed by atoms with Crippen LogP contribution in [0.25, 0.3) is 21.9 Å². The van der Waals surface area contributed by atoms with Gasteiger partial charge in [0.2, 0.25) is 0 Å². The first-order chi connectivity index (χ1) is 12.6. The molecule has 26 heavy (non-hydrogen) atoms. The van der Waals surface area contributed by atoms with Crippen LogP contribution in [0.15, 0.2) is 54.6 Å². The number of fused-ring (bicyclic) bond motifs is 1. The van der Waals surface area contributed by atoms with Gasteiger partial charge in [-0.05, 0) is 34.7 Å². The molecule has 0 fully saturated rings. The molecule has 0 N–H and O–H groups in total. The number of rotatable bonds is 4. The van der Waals surface area contributed by atoms with E-state index in [-0.39, 0.29) is 0 Å². The topological polar surface area (TPSA) is 61.8 Å². The summed E-state index contributed by atoms with van der Waals surface area (Å²) < 4.78 is 15.1. The van der Waals surface area contributed by atoms with Gasteiger partial charge in [0.1, 0.15) is 5.75 Å². The van der Waals surface area contributed by atoms with Crippen LogP contribution in [-0.4, -0.2) is 33.3 Å². The summed E-state index contributed by atoms with van der Waals surface area (Å²) >= 11 is 0. The second-order valence-corrected chi connectivity index (χ2v) is 5.60. The SMILES string of the molecule is COC(=O)c1cccc2ccc(-c3ccc(OC)cc3)c(C(=O)OC)c12. The normalized spacial score (nSPS) is 10.4. The first kappa shape index (κ1) is 17.5. The summed E-state index contributed by atoms with van der Waals surface area (Å²) in [4.78, 5) is 24.8. The lowest BCUT2D eigenvalue weighted by atomic mass is 9.91. The van der Waals surface area contributed by atoms with Crippen LogP contribution in [0.2, 0.25) is 0 Å². The minimum Gasteiger partial charge on any atom is -0.497 e. The van der Waals surface area contributed by atoms with Gasteiger partial charge in [-0.15, -0.1) is 0 Å². The molecule has 5 nitrogen and oxygen atoms in total. The third-order valence-corrected chi connectivity index (χ3v) is 4.24. The van der Waals surface area contributed by atoms with Gasteiger partial charge < -0.3 is 14.2 Å². The van der Waals surface area contributed by atoms with Gasteiger partial charge >= 0.3 is 11.9 Å². The van der Waals surface area contributed by atoms with Gasteiger partial charge in [0, 0.05) is 5.39 Å². The van der Waals surface area contributed by atoms with Crippen molar-refractivity contribution in [3.05, 3.63) is 65.7 Å². The maximum Gasteiger partial charge on any atom is 0.339 e. The number of ether oxygens (including phenoxy) is 3. The highest BCUT2D eigenvalue weighted by Gasteiger charge is 2.22. The molecule has 0 atom stereocenters. The largest absolute Gasteiger partial charge is 0.497 e. The Morgan fingerprint density at radius 3 is 2.08 bits per heavy atom. The summed E-state index contributed by atoms with van der Waals surface area (Å²) in [6, 6.07) is 16.3. The van der Waals surface area contributed by atoms with Crippen LogP contribution in [0.3, 0.4) is 0 Å². The monoisotopic (exact) mass is 350 g/mol. The molecule has 0 spiro atoms. The summed E-state index contributed by atoms with van der Waals surface area (Å²) in [5.41, 5.74) is 2.13. The molecular formula is C21H18O5. The molecule has 132 valence electrons. The highest BCUT2D eigenvalue weighted by molar-refractivity contribution is 6.16. The molecule has 0 saturated carbocycles. The zero-order valence-corrected chi connectivity index (χ0v) is 14.7. The van der Waals surface area contributed by atoms with Crippen LogP contribution in [0.4, 0.5) is 0 Å². The molecule has 0 aliphatic carbocycles. The Bertz CT molecular complexity index is 974. The zero-order valence-electron chi connectivity index (χ0n) is 14.7. The predicted octanol–water partition coefficient (Wildman–Crippen LogP) is 4.09. The van der Waals surface area contributed by atoms with E-state index in [9.17, 15) is 9.59 Å². The molecular weight excluding hydrogens is 332 g/mol. The lowest BCUT2D eigenvalue weighted by Crippen LogP contribution is -2.09. The van der Waals surface area contributed by atoms with Crippen LogP contribution in [0.1, 0.15) is 20.7 Å². The van der Waals surface area contributed by atoms with E-state index in [0.717, 1.165) is 10.9 Å². The summed E-state index contributed by atoms with van der Waals surface area (Å²) in [5.74, 6) is -0.310. The van der Waals surface area contributed by atoms with Crippen molar-refractivity contribution >= 4 is 22.7 Å². The van der Waals surface area contributed by atoms with Gasteiger partial charge in [-0.1, -0.05) is 36.4 Å². The van der Waals surface area contributed by atoms with E-state index >= 15 is 0 Å². The Labute approximate surface area is 151 Å². The van der Waals surface area contributed by atoms with Crippen molar-refractivity contribution in [2.45, 2.75) is 0 Å². The van der Waals surface area contributed by atoms with Crippen molar-refractivity contribution in [1.29, 1.82) is 0 Å². The van der Waals surface area contributed by atoms with Gasteiger partial charge in [-0.2, -0.15) is 0 Å². The zero-order chi connectivity index (χ0) is 18.7. The van der Waals surface area contributed by atoms with E-state index < -0.39 is 11.9 Å². The van der Waals surface area contributed by atoms with Gasteiger partial charge in [0.05, 0.1) is 32.5 Å². The summed E-state index contributed by atoms with van der Waals surface area (Å²) in [6.07, 6.45) is 0. The number of hydrogen-bond acceptors (Lipinski definition) is 5. The van der Waals surface area contributed by atoms with E-state index in [2.05, 4.69) is 0 Å². The van der Waals surface area contributed by atoms with E-state index in [1.165, 1.54) is 14.2 Å². The highest BCUT2D eigenvalue weighted by atomic mass is 16.5. The lowest BCUT2D eigenvalue weighted by molar-refractivity contribution is 0.0602. The molecule has 0 aliphatic rings. The molecule has 0 unspecified atom stereocenters. The Balaban J connectivity index is 2.36. The smallest absolute Gasteiger partial charge is 0.339 e. The highest BCUT2D eigenvalue weighted by Crippen LogP contribution is 2.34. The van der Waals surface area contributed by atoms with Crippen molar-refractivity contribution in [1.82, 2.24) is 0 Å². The maximum absolute atomic E-state index is 12.6. The van der Waals surface area contributed by atoms with Gasteiger partial charge in [-0.25, -0.2) is 9.59 Å². The molecule has 3 rings (SSSR count). The Morgan fingerprint density at radius 2 is 1.46 bits per heavy atom. The Morgan fingerprint density at radius 1 is 0.769 bits per heavy atom. The Hall–Kier alpha value is -3.34. The number of esters is 2. The van der Waals surface area contributed by atoms with Crippen LogP contribution < -0.4 is 4.74 Å². The fraction of sp³-hybridized carbons (Fsp3) is 0.143. The van der Waals surface area contributed by atoms with E-state index in [0.29, 0.717) is 27.8 Å². The second-order valence-electron chi connectivity index (χ2n) is 5.60. The quantitative estimate of drug-likeness (QED) is 0.663. The first-order valence-electron chi connectivity index (χ1n) is 7.97. The molecule has 3 aromatic rings. The van der Waals surface area contributed by atoms with Crippen LogP contribution in [0.5, 0.6) is 5.75 Å². The molecule has 5 heteroatoms. The molecule has 0 aliphatic heterocycles. The molecule has 3 aromatic carbocycles. The van der Waals surface area contributed by atoms with E-state index in [1.54, 1.807) is 19.2 Å². The van der Waals surface area contributed by atoms with Crippen LogP contribution >= 0.6 is 0 Å². The maximum atomic E-state index is 12.6. The minimum absolute atomic E-state index is 0.320. The molecule has 0 radical (unpaired) electrons. The van der Waals surface area contributed by atoms with Crippen molar-refractivity contribution in [3.63, 3.8) is 0 Å². The number of benzene rings is 3. The number of carbonyl (C=O) groups excluding carboxylic acids is 2. The van der Waals surface area contributed by atoms with E-state index in [1.807, 2.05) is 42.5 Å². The lowest BCUT2D eigenvalue weighted by Gasteiger charge is -2.14. The molecule has 0 aromatic heterocycles. The standard InChI is InChI=1S/C21H18O5/c1-24-15-10-7-13(8-11-15)16-12-9-14-5-4-6-17(20(22)25-2)18(14)19(16)21(23)26-3/h4-12H,1-3H3. The van der Waals surface area contributed by atoms with Crippen molar-refractivity contribution < 1.29 is 23.8 Å².